The van der Waals surface area contributed by atoms with Crippen molar-refractivity contribution in [3.63, 3.8) is 0 Å². The number of amides is 1. The largest absolute Gasteiger partial charge is 0.461 e. The van der Waals surface area contributed by atoms with Crippen LogP contribution in [0.5, 0.6) is 0 Å². The predicted octanol–water partition coefficient (Wildman–Crippen LogP) is 3.99. The van der Waals surface area contributed by atoms with Crippen molar-refractivity contribution < 1.29 is 22.4 Å². The van der Waals surface area contributed by atoms with Gasteiger partial charge in [-0.15, -0.1) is 10.2 Å². The fraction of sp³-hybridized carbons (Fsp3) is 0.278. The Bertz CT molecular complexity index is 921. The predicted molar refractivity (Wildman–Crippen MR) is 97.4 cm³/mol. The molecule has 0 aliphatic carbocycles. The fourth-order valence-electron chi connectivity index (χ4n) is 2.46. The summed E-state index contributed by atoms with van der Waals surface area (Å²) in [6, 6.07) is 8.22. The van der Waals surface area contributed by atoms with Crippen molar-refractivity contribution in [2.45, 2.75) is 31.3 Å². The van der Waals surface area contributed by atoms with E-state index in [-0.39, 0.29) is 18.2 Å². The summed E-state index contributed by atoms with van der Waals surface area (Å²) >= 11 is 1.23. The zero-order chi connectivity index (χ0) is 20.1. The van der Waals surface area contributed by atoms with E-state index >= 15 is 0 Å². The minimum atomic E-state index is -4.37. The molecule has 28 heavy (non-hydrogen) atoms. The zero-order valence-electron chi connectivity index (χ0n) is 14.9. The van der Waals surface area contributed by atoms with Gasteiger partial charge in [-0.2, -0.15) is 13.2 Å². The molecule has 3 aromatic rings. The molecule has 1 N–H and O–H groups in total. The lowest BCUT2D eigenvalue weighted by atomic mass is 10.1. The number of rotatable bonds is 7. The van der Waals surface area contributed by atoms with E-state index in [1.807, 2.05) is 11.5 Å². The average Bonchev–Trinajstić information content (AvgIpc) is 3.33. The number of hydrogen-bond acceptors (Lipinski definition) is 5. The molecule has 0 saturated carbocycles. The first-order valence-corrected chi connectivity index (χ1v) is 9.39. The molecule has 3 rings (SSSR count). The van der Waals surface area contributed by atoms with Crippen LogP contribution in [0.4, 0.5) is 13.2 Å². The van der Waals surface area contributed by atoms with Crippen LogP contribution in [0.1, 0.15) is 18.1 Å². The number of hydrogen-bond donors (Lipinski definition) is 1. The van der Waals surface area contributed by atoms with E-state index in [1.165, 1.54) is 23.9 Å². The summed E-state index contributed by atoms with van der Waals surface area (Å²) in [4.78, 5) is 12.1. The topological polar surface area (TPSA) is 73.0 Å². The van der Waals surface area contributed by atoms with Gasteiger partial charge in [0.2, 0.25) is 5.91 Å². The molecule has 10 heteroatoms. The minimum Gasteiger partial charge on any atom is -0.461 e. The van der Waals surface area contributed by atoms with Gasteiger partial charge in [-0.1, -0.05) is 23.9 Å². The number of alkyl halides is 3. The van der Waals surface area contributed by atoms with E-state index in [0.717, 1.165) is 12.1 Å². The molecular formula is C18H17F3N4O2S. The van der Waals surface area contributed by atoms with Gasteiger partial charge in [0.25, 0.3) is 0 Å². The smallest absolute Gasteiger partial charge is 0.416 e. The number of carbonyl (C=O) groups excluding carboxylic acids is 1. The first-order chi connectivity index (χ1) is 13.4. The van der Waals surface area contributed by atoms with Gasteiger partial charge in [0, 0.05) is 13.1 Å². The van der Waals surface area contributed by atoms with Crippen LogP contribution in [-0.4, -0.2) is 26.4 Å². The number of benzene rings is 1. The van der Waals surface area contributed by atoms with Gasteiger partial charge in [0.1, 0.15) is 0 Å². The summed E-state index contributed by atoms with van der Waals surface area (Å²) in [5, 5.41) is 11.5. The average molecular weight is 410 g/mol. The second kappa shape index (κ2) is 8.51. The number of carbonyl (C=O) groups is 1. The van der Waals surface area contributed by atoms with Crippen molar-refractivity contribution in [2.24, 2.45) is 0 Å². The summed E-state index contributed by atoms with van der Waals surface area (Å²) in [7, 11) is 0. The fourth-order valence-corrected chi connectivity index (χ4v) is 3.29. The third-order valence-electron chi connectivity index (χ3n) is 3.88. The first kappa shape index (κ1) is 20.0. The minimum absolute atomic E-state index is 0.108. The van der Waals surface area contributed by atoms with Crippen molar-refractivity contribution in [1.82, 2.24) is 20.1 Å². The number of aromatic nitrogens is 3. The monoisotopic (exact) mass is 410 g/mol. The van der Waals surface area contributed by atoms with Gasteiger partial charge in [-0.05, 0) is 36.8 Å². The van der Waals surface area contributed by atoms with Gasteiger partial charge in [-0.25, -0.2) is 0 Å². The van der Waals surface area contributed by atoms with E-state index in [1.54, 1.807) is 18.4 Å². The van der Waals surface area contributed by atoms with E-state index < -0.39 is 11.7 Å². The SMILES string of the molecule is CCn1c(SCC(=O)NCc2ccc(C(F)(F)F)cc2)nnc1-c1ccco1. The molecule has 0 radical (unpaired) electrons. The summed E-state index contributed by atoms with van der Waals surface area (Å²) < 4.78 is 44.8. The molecule has 2 heterocycles. The quantitative estimate of drug-likeness (QED) is 0.597. The maximum absolute atomic E-state index is 12.6. The molecule has 6 nitrogen and oxygen atoms in total. The van der Waals surface area contributed by atoms with E-state index in [4.69, 9.17) is 4.42 Å². The molecule has 0 fully saturated rings. The standard InChI is InChI=1S/C18H17F3N4O2S/c1-2-25-16(14-4-3-9-27-14)23-24-17(25)28-11-15(26)22-10-12-5-7-13(8-6-12)18(19,20)21/h3-9H,2,10-11H2,1H3,(H,22,26). The number of thioether (sulfide) groups is 1. The lowest BCUT2D eigenvalue weighted by Gasteiger charge is -2.09. The third-order valence-corrected chi connectivity index (χ3v) is 4.84. The summed E-state index contributed by atoms with van der Waals surface area (Å²) in [6.07, 6.45) is -2.83. The summed E-state index contributed by atoms with van der Waals surface area (Å²) in [5.41, 5.74) is -0.132. The highest BCUT2D eigenvalue weighted by molar-refractivity contribution is 7.99. The Morgan fingerprint density at radius 2 is 1.96 bits per heavy atom. The van der Waals surface area contributed by atoms with Crippen molar-refractivity contribution in [3.05, 3.63) is 53.8 Å². The number of nitrogens with one attached hydrogen (secondary N) is 1. The Morgan fingerprint density at radius 1 is 1.21 bits per heavy atom. The van der Waals surface area contributed by atoms with Gasteiger partial charge >= 0.3 is 6.18 Å². The van der Waals surface area contributed by atoms with Crippen LogP contribution in [0, 0.1) is 0 Å². The molecule has 0 saturated heterocycles. The van der Waals surface area contributed by atoms with Crippen LogP contribution in [0.3, 0.4) is 0 Å². The molecule has 0 bridgehead atoms. The zero-order valence-corrected chi connectivity index (χ0v) is 15.7. The van der Waals surface area contributed by atoms with Crippen LogP contribution in [-0.2, 0) is 24.1 Å². The Morgan fingerprint density at radius 3 is 2.57 bits per heavy atom. The van der Waals surface area contributed by atoms with Gasteiger partial charge < -0.3 is 9.73 Å². The van der Waals surface area contributed by atoms with Crippen LogP contribution < -0.4 is 5.32 Å². The van der Waals surface area contributed by atoms with E-state index in [9.17, 15) is 18.0 Å². The van der Waals surface area contributed by atoms with Crippen LogP contribution in [0.2, 0.25) is 0 Å². The molecule has 2 aromatic heterocycles. The Labute approximate surface area is 163 Å². The molecule has 148 valence electrons. The molecule has 0 atom stereocenters. The van der Waals surface area contributed by atoms with Gasteiger partial charge in [0.15, 0.2) is 16.7 Å². The molecule has 1 amide bonds. The summed E-state index contributed by atoms with van der Waals surface area (Å²) in [6.45, 7) is 2.69. The third kappa shape index (κ3) is 4.75. The number of nitrogens with zero attached hydrogens (tertiary/aromatic N) is 3. The highest BCUT2D eigenvalue weighted by Gasteiger charge is 2.29. The highest BCUT2D eigenvalue weighted by Crippen LogP contribution is 2.29. The second-order valence-corrected chi connectivity index (χ2v) is 6.73. The molecule has 0 aliphatic heterocycles. The Balaban J connectivity index is 1.54. The Kier molecular flexibility index (Phi) is 6.08. The first-order valence-electron chi connectivity index (χ1n) is 8.41. The van der Waals surface area contributed by atoms with Crippen molar-refractivity contribution in [2.75, 3.05) is 5.75 Å². The lowest BCUT2D eigenvalue weighted by Crippen LogP contribution is -2.24. The number of furan rings is 1. The maximum Gasteiger partial charge on any atom is 0.416 e. The van der Waals surface area contributed by atoms with Gasteiger partial charge in [0.05, 0.1) is 17.6 Å². The molecular weight excluding hydrogens is 393 g/mol. The summed E-state index contributed by atoms with van der Waals surface area (Å²) in [5.74, 6) is 1.03. The van der Waals surface area contributed by atoms with Crippen LogP contribution in [0.25, 0.3) is 11.6 Å². The van der Waals surface area contributed by atoms with Gasteiger partial charge in [-0.3, -0.25) is 9.36 Å². The van der Waals surface area contributed by atoms with Crippen molar-refractivity contribution in [1.29, 1.82) is 0 Å². The van der Waals surface area contributed by atoms with Crippen LogP contribution in [0.15, 0.2) is 52.2 Å². The molecule has 0 spiro atoms. The van der Waals surface area contributed by atoms with E-state index in [2.05, 4.69) is 15.5 Å². The van der Waals surface area contributed by atoms with Crippen LogP contribution >= 0.6 is 11.8 Å². The number of halogens is 3. The lowest BCUT2D eigenvalue weighted by molar-refractivity contribution is -0.137. The van der Waals surface area contributed by atoms with E-state index in [0.29, 0.717) is 28.8 Å². The van der Waals surface area contributed by atoms with Crippen molar-refractivity contribution >= 4 is 17.7 Å². The molecule has 0 unspecified atom stereocenters. The van der Waals surface area contributed by atoms with Crippen molar-refractivity contribution in [3.8, 4) is 11.6 Å². The second-order valence-electron chi connectivity index (χ2n) is 5.79. The highest BCUT2D eigenvalue weighted by atomic mass is 32.2. The maximum atomic E-state index is 12.6. The Hall–Kier alpha value is -2.75. The normalized spacial score (nSPS) is 11.6. The molecule has 1 aromatic carbocycles. The molecule has 0 aliphatic rings.